The second-order valence-electron chi connectivity index (χ2n) is 5.45. The Hall–Kier alpha value is -2.33. The molecule has 0 aromatic heterocycles. The zero-order chi connectivity index (χ0) is 18.4. The smallest absolute Gasteiger partial charge is 0.197 e. The van der Waals surface area contributed by atoms with Crippen LogP contribution < -0.4 is 5.30 Å². The Kier molecular flexibility index (Phi) is 5.94. The van der Waals surface area contributed by atoms with Gasteiger partial charge in [-0.2, -0.15) is 0 Å². The molecule has 0 bridgehead atoms. The quantitative estimate of drug-likeness (QED) is 0.489. The van der Waals surface area contributed by atoms with E-state index in [1.807, 2.05) is 18.2 Å². The van der Waals surface area contributed by atoms with Gasteiger partial charge < -0.3 is 4.57 Å². The molecule has 0 amide bonds. The van der Waals surface area contributed by atoms with Crippen molar-refractivity contribution in [2.24, 2.45) is 0 Å². The summed E-state index contributed by atoms with van der Waals surface area (Å²) < 4.78 is 38.9. The lowest BCUT2D eigenvalue weighted by molar-refractivity contribution is 0.595. The molecule has 26 heavy (non-hydrogen) atoms. The Balaban J connectivity index is 2.33. The second-order valence-corrected chi connectivity index (χ2v) is 9.84. The molecule has 0 spiro atoms. The molecule has 6 heteroatoms. The Labute approximate surface area is 159 Å². The third kappa shape index (κ3) is 3.47. The number of rotatable bonds is 5. The normalized spacial score (nSPS) is 12.6. The summed E-state index contributed by atoms with van der Waals surface area (Å²) in [4.78, 5) is 0. The van der Waals surface area contributed by atoms with E-state index < -0.39 is 7.14 Å². The van der Waals surface area contributed by atoms with Crippen molar-refractivity contribution in [1.82, 2.24) is 0 Å². The van der Waals surface area contributed by atoms with Crippen LogP contribution in [0.4, 0.5) is 0 Å². The van der Waals surface area contributed by atoms with Gasteiger partial charge in [0.1, 0.15) is 31.7 Å². The van der Waals surface area contributed by atoms with E-state index in [2.05, 4.69) is 0 Å². The fourth-order valence-corrected chi connectivity index (χ4v) is 7.62. The molecule has 0 heterocycles. The van der Waals surface area contributed by atoms with Crippen LogP contribution in [-0.4, -0.2) is 17.6 Å². The maximum atomic E-state index is 14.4. The number of benzene rings is 3. The van der Waals surface area contributed by atoms with E-state index in [9.17, 15) is 13.0 Å². The summed E-state index contributed by atoms with van der Waals surface area (Å²) >= 11 is 0.387. The predicted octanol–water partition coefficient (Wildman–Crippen LogP) is 3.46. The van der Waals surface area contributed by atoms with Crippen LogP contribution in [0.3, 0.4) is 0 Å². The van der Waals surface area contributed by atoms with Crippen molar-refractivity contribution in [3.8, 4) is 0 Å². The number of hydrogen-bond acceptors (Lipinski definition) is 3. The summed E-state index contributed by atoms with van der Waals surface area (Å²) in [5.41, 5.74) is 1.14. The minimum absolute atomic E-state index is 0.173. The highest BCUT2D eigenvalue weighted by molar-refractivity contribution is 8.15. The zero-order valence-electron chi connectivity index (χ0n) is 13.6. The first-order valence-electron chi connectivity index (χ1n) is 7.83. The Morgan fingerprint density at radius 2 is 0.923 bits per heavy atom. The molecule has 0 aliphatic rings. The topological polar surface area (TPSA) is 51.2 Å². The molecule has 0 unspecified atom stereocenters. The third-order valence-electron chi connectivity index (χ3n) is 3.89. The molecule has 3 nitrogen and oxygen atoms in total. The van der Waals surface area contributed by atoms with Gasteiger partial charge in [-0.05, 0) is 11.1 Å². The highest BCUT2D eigenvalue weighted by atomic mass is 32.1. The molecule has 0 aliphatic heterocycles. The predicted molar refractivity (Wildman–Crippen MR) is 111 cm³/mol. The summed E-state index contributed by atoms with van der Waals surface area (Å²) in [5.74, 6) is 0. The molecule has 0 aliphatic carbocycles. The van der Waals surface area contributed by atoms with E-state index in [1.54, 1.807) is 72.8 Å². The van der Waals surface area contributed by atoms with Gasteiger partial charge in [0.05, 0.1) is 0 Å². The Morgan fingerprint density at radius 3 is 1.27 bits per heavy atom. The van der Waals surface area contributed by atoms with Gasteiger partial charge in [0.2, 0.25) is 0 Å². The molecule has 3 aromatic rings. The van der Waals surface area contributed by atoms with Crippen molar-refractivity contribution in [3.05, 3.63) is 102 Å². The highest BCUT2D eigenvalue weighted by Gasteiger charge is 2.38. The molecule has 3 rings (SSSR count). The SMILES string of the molecule is O=S=C(c1ccccc1)P(=O)(C(=S=O)c1ccccc1)c1ccccc1. The first kappa shape index (κ1) is 18.5. The summed E-state index contributed by atoms with van der Waals surface area (Å²) in [5, 5.41) is 0.476. The van der Waals surface area contributed by atoms with Crippen molar-refractivity contribution < 1.29 is 13.0 Å². The molecule has 0 saturated heterocycles. The first-order valence-corrected chi connectivity index (χ1v) is 11.0. The molecular formula is C20H15O3PS2. The molecule has 0 atom stereocenters. The van der Waals surface area contributed by atoms with E-state index in [4.69, 9.17) is 0 Å². The van der Waals surface area contributed by atoms with Gasteiger partial charge in [0.25, 0.3) is 0 Å². The maximum Gasteiger partial charge on any atom is 0.197 e. The van der Waals surface area contributed by atoms with Gasteiger partial charge in [0.15, 0.2) is 7.14 Å². The van der Waals surface area contributed by atoms with Crippen LogP contribution in [-0.2, 0) is 27.1 Å². The van der Waals surface area contributed by atoms with Crippen molar-refractivity contribution in [3.63, 3.8) is 0 Å². The summed E-state index contributed by atoms with van der Waals surface area (Å²) in [6.45, 7) is 0. The minimum Gasteiger partial charge on any atom is -0.307 e. The minimum atomic E-state index is -3.60. The van der Waals surface area contributed by atoms with Crippen molar-refractivity contribution >= 4 is 44.2 Å². The van der Waals surface area contributed by atoms with E-state index in [0.29, 0.717) is 16.4 Å². The van der Waals surface area contributed by atoms with Gasteiger partial charge in [-0.3, -0.25) is 0 Å². The Bertz CT molecular complexity index is 988. The van der Waals surface area contributed by atoms with Crippen LogP contribution in [0.25, 0.3) is 0 Å². The Morgan fingerprint density at radius 1 is 0.577 bits per heavy atom. The van der Waals surface area contributed by atoms with Gasteiger partial charge in [-0.1, -0.05) is 91.0 Å². The van der Waals surface area contributed by atoms with E-state index in [-0.39, 0.29) is 31.7 Å². The van der Waals surface area contributed by atoms with Crippen LogP contribution in [0, 0.1) is 0 Å². The van der Waals surface area contributed by atoms with Crippen molar-refractivity contribution in [2.45, 2.75) is 0 Å². The monoisotopic (exact) mass is 398 g/mol. The second kappa shape index (κ2) is 8.37. The van der Waals surface area contributed by atoms with Crippen LogP contribution >= 0.6 is 7.14 Å². The summed E-state index contributed by atoms with van der Waals surface area (Å²) in [6.07, 6.45) is 0. The van der Waals surface area contributed by atoms with Gasteiger partial charge in [-0.15, -0.1) is 0 Å². The summed E-state index contributed by atoms with van der Waals surface area (Å²) in [6, 6.07) is 26.5. The third-order valence-corrected chi connectivity index (χ3v) is 9.35. The molecule has 0 fully saturated rings. The fraction of sp³-hybridized carbons (Fsp3) is 0. The first-order chi connectivity index (χ1) is 12.7. The molecular weight excluding hydrogens is 383 g/mol. The van der Waals surface area contributed by atoms with Crippen LogP contribution in [0.2, 0.25) is 0 Å². The lowest BCUT2D eigenvalue weighted by Gasteiger charge is -2.20. The van der Waals surface area contributed by atoms with E-state index >= 15 is 0 Å². The molecule has 0 N–H and O–H groups in total. The lowest BCUT2D eigenvalue weighted by Crippen LogP contribution is -2.21. The molecule has 0 radical (unpaired) electrons. The van der Waals surface area contributed by atoms with Crippen molar-refractivity contribution in [1.29, 1.82) is 0 Å². The van der Waals surface area contributed by atoms with E-state index in [0.717, 1.165) is 0 Å². The zero-order valence-corrected chi connectivity index (χ0v) is 16.2. The molecule has 130 valence electrons. The molecule has 0 saturated carbocycles. The largest absolute Gasteiger partial charge is 0.307 e. The lowest BCUT2D eigenvalue weighted by atomic mass is 10.2. The van der Waals surface area contributed by atoms with Gasteiger partial charge >= 0.3 is 0 Å². The number of hydrogen-bond donors (Lipinski definition) is 0. The maximum absolute atomic E-state index is 14.4. The van der Waals surface area contributed by atoms with Crippen LogP contribution in [0.5, 0.6) is 0 Å². The van der Waals surface area contributed by atoms with Crippen LogP contribution in [0.1, 0.15) is 11.1 Å². The van der Waals surface area contributed by atoms with E-state index in [1.165, 1.54) is 0 Å². The van der Waals surface area contributed by atoms with Crippen LogP contribution in [0.15, 0.2) is 91.0 Å². The van der Waals surface area contributed by atoms with Gasteiger partial charge in [0, 0.05) is 5.30 Å². The summed E-state index contributed by atoms with van der Waals surface area (Å²) in [7, 11) is -3.60. The average Bonchev–Trinajstić information content (AvgIpc) is 2.71. The fourth-order valence-electron chi connectivity index (χ4n) is 2.69. The molecule has 3 aromatic carbocycles. The van der Waals surface area contributed by atoms with Gasteiger partial charge in [-0.25, -0.2) is 8.42 Å². The standard InChI is InChI=1S/C20H15O3PS2/c21-24(18-14-8-3-9-15-18,19(25-22)16-10-4-1-5-11-16)20(26-23)17-12-6-2-7-13-17/h1-15H. The van der Waals surface area contributed by atoms with Crippen molar-refractivity contribution in [2.75, 3.05) is 0 Å². The average molecular weight is 398 g/mol. The highest BCUT2D eigenvalue weighted by Crippen LogP contribution is 2.50.